The Balaban J connectivity index is 1.45. The molecule has 0 unspecified atom stereocenters. The van der Waals surface area contributed by atoms with Crippen molar-refractivity contribution in [2.45, 2.75) is 25.1 Å². The Hall–Kier alpha value is -4.04. The zero-order chi connectivity index (χ0) is 25.1. The van der Waals surface area contributed by atoms with Crippen molar-refractivity contribution < 1.29 is 28.6 Å². The van der Waals surface area contributed by atoms with Crippen LogP contribution in [-0.2, 0) is 14.4 Å². The van der Waals surface area contributed by atoms with Crippen molar-refractivity contribution in [3.8, 4) is 22.9 Å². The van der Waals surface area contributed by atoms with E-state index in [-0.39, 0.29) is 36.7 Å². The molecule has 2 aliphatic rings. The number of hydrogen-bond donors (Lipinski definition) is 3. The first kappa shape index (κ1) is 24.1. The first-order valence-electron chi connectivity index (χ1n) is 11.1. The lowest BCUT2D eigenvalue weighted by Crippen LogP contribution is -2.50. The van der Waals surface area contributed by atoms with E-state index in [2.05, 4.69) is 16.4 Å². The number of pyridine rings is 1. The summed E-state index contributed by atoms with van der Waals surface area (Å²) < 4.78 is 20.4. The maximum Gasteiger partial charge on any atom is 0.248 e. The second-order valence-corrected chi connectivity index (χ2v) is 8.55. The van der Waals surface area contributed by atoms with Gasteiger partial charge in [0.1, 0.15) is 30.3 Å². The quantitative estimate of drug-likeness (QED) is 0.532. The number of amides is 3. The fourth-order valence-corrected chi connectivity index (χ4v) is 4.10. The number of aliphatic hydroxyl groups is 1. The van der Waals surface area contributed by atoms with Gasteiger partial charge in [-0.1, -0.05) is 6.07 Å². The molecular weight excluding hydrogens is 457 g/mol. The Labute approximate surface area is 200 Å². The van der Waals surface area contributed by atoms with Crippen LogP contribution in [0.3, 0.4) is 0 Å². The van der Waals surface area contributed by atoms with Gasteiger partial charge in [0.25, 0.3) is 0 Å². The monoisotopic (exact) mass is 481 g/mol. The fraction of sp³-hybridized carbons (Fsp3) is 0.375. The third kappa shape index (κ3) is 5.38. The zero-order valence-electron chi connectivity index (χ0n) is 18.7. The highest BCUT2D eigenvalue weighted by atomic mass is 19.1. The molecule has 2 fully saturated rings. The van der Waals surface area contributed by atoms with E-state index in [0.717, 1.165) is 0 Å². The Morgan fingerprint density at radius 3 is 2.69 bits per heavy atom. The Bertz CT molecular complexity index is 1200. The average molecular weight is 481 g/mol. The molecule has 11 heteroatoms. The van der Waals surface area contributed by atoms with Crippen LogP contribution in [0.5, 0.6) is 5.75 Å². The normalized spacial score (nSPS) is 23.2. The summed E-state index contributed by atoms with van der Waals surface area (Å²) in [6.45, 7) is -0.610. The molecule has 182 valence electrons. The van der Waals surface area contributed by atoms with Crippen LogP contribution >= 0.6 is 0 Å². The summed E-state index contributed by atoms with van der Waals surface area (Å²) in [5.41, 5.74) is 6.78. The minimum absolute atomic E-state index is 0.184. The molecule has 2 heterocycles. The van der Waals surface area contributed by atoms with Crippen LogP contribution in [0.25, 0.3) is 11.1 Å². The van der Waals surface area contributed by atoms with E-state index in [1.54, 1.807) is 30.3 Å². The number of halogens is 1. The molecule has 1 aromatic heterocycles. The molecule has 1 saturated carbocycles. The van der Waals surface area contributed by atoms with Crippen molar-refractivity contribution in [3.63, 3.8) is 0 Å². The zero-order valence-corrected chi connectivity index (χ0v) is 18.7. The van der Waals surface area contributed by atoms with Crippen molar-refractivity contribution in [1.29, 1.82) is 5.26 Å². The van der Waals surface area contributed by atoms with Gasteiger partial charge in [0.15, 0.2) is 6.17 Å². The maximum atomic E-state index is 14.6. The minimum atomic E-state index is -1.46. The lowest BCUT2D eigenvalue weighted by atomic mass is 10.0. The number of carbonyl (C=O) groups is 3. The number of primary amides is 1. The highest BCUT2D eigenvalue weighted by Gasteiger charge is 2.47. The molecule has 35 heavy (non-hydrogen) atoms. The van der Waals surface area contributed by atoms with E-state index in [4.69, 9.17) is 15.6 Å². The number of carbonyl (C=O) groups excluding carboxylic acids is 3. The molecule has 1 aliphatic carbocycles. The highest BCUT2D eigenvalue weighted by Crippen LogP contribution is 2.39. The predicted molar refractivity (Wildman–Crippen MR) is 121 cm³/mol. The lowest BCUT2D eigenvalue weighted by molar-refractivity contribution is -0.138. The largest absolute Gasteiger partial charge is 0.486 e. The highest BCUT2D eigenvalue weighted by molar-refractivity contribution is 5.99. The van der Waals surface area contributed by atoms with E-state index in [0.29, 0.717) is 23.4 Å². The van der Waals surface area contributed by atoms with E-state index in [9.17, 15) is 24.0 Å². The van der Waals surface area contributed by atoms with Gasteiger partial charge in [0.2, 0.25) is 17.7 Å². The molecule has 1 saturated heterocycles. The predicted octanol–water partition coefficient (Wildman–Crippen LogP) is 0.990. The number of piperidine rings is 1. The smallest absolute Gasteiger partial charge is 0.248 e. The number of ether oxygens (including phenoxy) is 1. The van der Waals surface area contributed by atoms with E-state index in [1.807, 2.05) is 0 Å². The third-order valence-electron chi connectivity index (χ3n) is 6.19. The second kappa shape index (κ2) is 10.1. The first-order chi connectivity index (χ1) is 16.8. The molecule has 4 N–H and O–H groups in total. The number of likely N-dealkylation sites (tertiary alicyclic amines) is 1. The molecule has 0 radical (unpaired) electrons. The van der Waals surface area contributed by atoms with Gasteiger partial charge in [-0.3, -0.25) is 14.4 Å². The number of anilines is 1. The SMILES string of the molecule is N#Cc1cc(-c2ccnc(NC(=O)[C@@H]3C[C@H]3C(N)=O)c2)ccc1O[C@H]1CCN(C(=O)CO)C[C@H]1F. The summed E-state index contributed by atoms with van der Waals surface area (Å²) in [6, 6.07) is 10.3. The van der Waals surface area contributed by atoms with Crippen molar-refractivity contribution >= 4 is 23.5 Å². The van der Waals surface area contributed by atoms with Crippen LogP contribution in [0.1, 0.15) is 18.4 Å². The number of alkyl halides is 1. The van der Waals surface area contributed by atoms with E-state index < -0.39 is 42.5 Å². The van der Waals surface area contributed by atoms with Crippen molar-refractivity contribution in [2.24, 2.45) is 17.6 Å². The first-order valence-corrected chi connectivity index (χ1v) is 11.1. The number of aliphatic hydroxyl groups excluding tert-OH is 1. The van der Waals surface area contributed by atoms with Crippen molar-refractivity contribution in [1.82, 2.24) is 9.88 Å². The number of nitrogens with zero attached hydrogens (tertiary/aromatic N) is 3. The molecule has 1 aliphatic heterocycles. The van der Waals surface area contributed by atoms with E-state index in [1.165, 1.54) is 11.1 Å². The summed E-state index contributed by atoms with van der Waals surface area (Å²) in [5, 5.41) is 21.3. The Kier molecular flexibility index (Phi) is 6.93. The standard InChI is InChI=1S/C24H24FN5O5/c25-18-11-30(22(32)12-31)6-4-20(18)35-19-2-1-13(7-15(19)10-26)14-3-5-28-21(8-14)29-24(34)17-9-16(17)23(27)33/h1-3,5,7-8,16-18,20,31H,4,6,9,11-12H2,(H2,27,33)(H,28,29,34)/t16-,17-,18-,20+/m1/s1. The Morgan fingerprint density at radius 1 is 1.26 bits per heavy atom. The van der Waals surface area contributed by atoms with Gasteiger partial charge < -0.3 is 25.8 Å². The Morgan fingerprint density at radius 2 is 2.03 bits per heavy atom. The van der Waals surface area contributed by atoms with Crippen LogP contribution in [0, 0.1) is 23.2 Å². The molecule has 0 bridgehead atoms. The summed E-state index contributed by atoms with van der Waals surface area (Å²) in [5.74, 6) is -1.74. The number of aromatic nitrogens is 1. The molecule has 2 aromatic rings. The average Bonchev–Trinajstić information content (AvgIpc) is 3.67. The minimum Gasteiger partial charge on any atom is -0.486 e. The summed E-state index contributed by atoms with van der Waals surface area (Å²) in [6.07, 6.45) is -0.133. The van der Waals surface area contributed by atoms with Crippen molar-refractivity contribution in [2.75, 3.05) is 25.0 Å². The van der Waals surface area contributed by atoms with Crippen LogP contribution in [0.2, 0.25) is 0 Å². The van der Waals surface area contributed by atoms with Gasteiger partial charge in [-0.25, -0.2) is 9.37 Å². The molecular formula is C24H24FN5O5. The second-order valence-electron chi connectivity index (χ2n) is 8.55. The molecule has 10 nitrogen and oxygen atoms in total. The van der Waals surface area contributed by atoms with Crippen LogP contribution < -0.4 is 15.8 Å². The molecule has 3 amide bonds. The van der Waals surface area contributed by atoms with Crippen LogP contribution in [0.15, 0.2) is 36.5 Å². The molecule has 4 rings (SSSR count). The fourth-order valence-electron chi connectivity index (χ4n) is 4.10. The van der Waals surface area contributed by atoms with Crippen molar-refractivity contribution in [3.05, 3.63) is 42.1 Å². The van der Waals surface area contributed by atoms with Gasteiger partial charge in [0.05, 0.1) is 23.9 Å². The summed E-state index contributed by atoms with van der Waals surface area (Å²) in [4.78, 5) is 40.5. The van der Waals surface area contributed by atoms with Gasteiger partial charge >= 0.3 is 0 Å². The van der Waals surface area contributed by atoms with Gasteiger partial charge in [-0.15, -0.1) is 0 Å². The third-order valence-corrected chi connectivity index (χ3v) is 6.19. The number of hydrogen-bond acceptors (Lipinski definition) is 7. The molecule has 0 spiro atoms. The van der Waals surface area contributed by atoms with Crippen LogP contribution in [0.4, 0.5) is 10.2 Å². The lowest BCUT2D eigenvalue weighted by Gasteiger charge is -2.34. The number of nitriles is 1. The molecule has 4 atom stereocenters. The van der Waals surface area contributed by atoms with Gasteiger partial charge in [0, 0.05) is 19.2 Å². The molecule has 1 aromatic carbocycles. The number of nitrogens with two attached hydrogens (primary N) is 1. The number of benzene rings is 1. The van der Waals surface area contributed by atoms with Crippen LogP contribution in [-0.4, -0.2) is 64.7 Å². The van der Waals surface area contributed by atoms with Gasteiger partial charge in [-0.05, 0) is 41.8 Å². The van der Waals surface area contributed by atoms with Gasteiger partial charge in [-0.2, -0.15) is 5.26 Å². The topological polar surface area (TPSA) is 159 Å². The van der Waals surface area contributed by atoms with E-state index >= 15 is 0 Å². The number of nitrogens with one attached hydrogen (secondary N) is 1. The summed E-state index contributed by atoms with van der Waals surface area (Å²) in [7, 11) is 0. The summed E-state index contributed by atoms with van der Waals surface area (Å²) >= 11 is 0. The number of rotatable bonds is 7. The maximum absolute atomic E-state index is 14.6.